The number of likely N-dealkylation sites (N-methyl/N-ethyl adjacent to an activating group) is 1. The van der Waals surface area contributed by atoms with E-state index in [1.165, 1.54) is 25.7 Å². The second-order valence-corrected chi connectivity index (χ2v) is 8.52. The molecule has 1 heterocycles. The number of likely N-dealkylation sites (tertiary alicyclic amines) is 1. The molecule has 0 radical (unpaired) electrons. The van der Waals surface area contributed by atoms with Crippen molar-refractivity contribution in [1.29, 1.82) is 0 Å². The fraction of sp³-hybridized carbons (Fsp3) is 0.900. The number of amides is 1. The van der Waals surface area contributed by atoms with Crippen LogP contribution in [-0.2, 0) is 14.3 Å². The third-order valence-corrected chi connectivity index (χ3v) is 6.29. The average molecular weight is 508 g/mol. The van der Waals surface area contributed by atoms with Gasteiger partial charge in [-0.15, -0.1) is 24.0 Å². The van der Waals surface area contributed by atoms with Gasteiger partial charge in [-0.3, -0.25) is 4.79 Å². The number of rotatable bonds is 8. The topological polar surface area (TPSA) is 66.4 Å². The molecule has 7 nitrogen and oxygen atoms in total. The Morgan fingerprint density at radius 2 is 2.04 bits per heavy atom. The van der Waals surface area contributed by atoms with E-state index in [4.69, 9.17) is 14.5 Å². The van der Waals surface area contributed by atoms with E-state index in [0.29, 0.717) is 25.2 Å². The molecule has 3 fully saturated rings. The van der Waals surface area contributed by atoms with Crippen molar-refractivity contribution in [2.45, 2.75) is 38.1 Å². The van der Waals surface area contributed by atoms with E-state index < -0.39 is 0 Å². The van der Waals surface area contributed by atoms with Gasteiger partial charge in [-0.2, -0.15) is 0 Å². The van der Waals surface area contributed by atoms with Crippen molar-refractivity contribution < 1.29 is 14.3 Å². The van der Waals surface area contributed by atoms with Crippen LogP contribution in [0, 0.1) is 17.8 Å². The number of nitrogens with zero attached hydrogens (tertiary/aromatic N) is 3. The van der Waals surface area contributed by atoms with E-state index in [2.05, 4.69) is 10.2 Å². The van der Waals surface area contributed by atoms with Crippen LogP contribution in [0.15, 0.2) is 4.99 Å². The summed E-state index contributed by atoms with van der Waals surface area (Å²) in [6.45, 7) is 4.17. The van der Waals surface area contributed by atoms with Crippen LogP contribution in [0.3, 0.4) is 0 Å². The number of halogens is 1. The second kappa shape index (κ2) is 11.5. The molecule has 8 heteroatoms. The molecule has 4 unspecified atom stereocenters. The third kappa shape index (κ3) is 6.45. The average Bonchev–Trinajstić information content (AvgIpc) is 3.38. The molecular weight excluding hydrogens is 471 g/mol. The highest BCUT2D eigenvalue weighted by atomic mass is 127. The molecule has 162 valence electrons. The summed E-state index contributed by atoms with van der Waals surface area (Å²) in [6, 6.07) is 0.522. The van der Waals surface area contributed by atoms with Crippen molar-refractivity contribution in [3.63, 3.8) is 0 Å². The monoisotopic (exact) mass is 508 g/mol. The minimum atomic E-state index is 0. The second-order valence-electron chi connectivity index (χ2n) is 8.52. The maximum Gasteiger partial charge on any atom is 0.243 e. The van der Waals surface area contributed by atoms with E-state index >= 15 is 0 Å². The van der Waals surface area contributed by atoms with Gasteiger partial charge >= 0.3 is 0 Å². The minimum absolute atomic E-state index is 0. The summed E-state index contributed by atoms with van der Waals surface area (Å²) in [6.07, 6.45) is 6.44. The Morgan fingerprint density at radius 1 is 1.21 bits per heavy atom. The molecule has 0 spiro atoms. The van der Waals surface area contributed by atoms with Gasteiger partial charge in [0.05, 0.1) is 19.8 Å². The van der Waals surface area contributed by atoms with Crippen molar-refractivity contribution in [1.82, 2.24) is 15.1 Å². The highest BCUT2D eigenvalue weighted by Gasteiger charge is 2.40. The molecule has 1 amide bonds. The van der Waals surface area contributed by atoms with Gasteiger partial charge in [-0.25, -0.2) is 4.99 Å². The van der Waals surface area contributed by atoms with Crippen LogP contribution in [0.2, 0.25) is 0 Å². The Labute approximate surface area is 186 Å². The van der Waals surface area contributed by atoms with E-state index in [0.717, 1.165) is 43.9 Å². The lowest BCUT2D eigenvalue weighted by molar-refractivity contribution is -0.127. The smallest absolute Gasteiger partial charge is 0.243 e. The summed E-state index contributed by atoms with van der Waals surface area (Å²) in [5, 5.41) is 3.72. The molecule has 3 aliphatic rings. The molecule has 4 atom stereocenters. The van der Waals surface area contributed by atoms with Crippen molar-refractivity contribution in [2.24, 2.45) is 22.7 Å². The Bertz CT molecular complexity index is 532. The molecule has 1 saturated heterocycles. The number of carbonyl (C=O) groups excluding carboxylic acids is 1. The first kappa shape index (κ1) is 23.7. The first-order valence-corrected chi connectivity index (χ1v) is 10.4. The summed E-state index contributed by atoms with van der Waals surface area (Å²) in [5.41, 5.74) is 0. The number of carbonyl (C=O) groups is 1. The number of hydrogen-bond acceptors (Lipinski definition) is 4. The molecule has 2 saturated carbocycles. The zero-order chi connectivity index (χ0) is 19.2. The number of aliphatic imine (C=N–C) groups is 1. The van der Waals surface area contributed by atoms with Gasteiger partial charge in [-0.05, 0) is 37.5 Å². The summed E-state index contributed by atoms with van der Waals surface area (Å²) in [7, 11) is 5.26. The number of guanidine groups is 1. The van der Waals surface area contributed by atoms with Crippen LogP contribution in [0.1, 0.15) is 32.1 Å². The lowest BCUT2D eigenvalue weighted by Gasteiger charge is -2.29. The highest BCUT2D eigenvalue weighted by Crippen LogP contribution is 2.44. The summed E-state index contributed by atoms with van der Waals surface area (Å²) >= 11 is 0. The van der Waals surface area contributed by atoms with Crippen molar-refractivity contribution >= 4 is 35.8 Å². The van der Waals surface area contributed by atoms with Gasteiger partial charge in [0.25, 0.3) is 0 Å². The predicted octanol–water partition coefficient (Wildman–Crippen LogP) is 1.81. The molecule has 0 aromatic rings. The van der Waals surface area contributed by atoms with Crippen molar-refractivity contribution in [3.05, 3.63) is 0 Å². The molecule has 3 rings (SSSR count). The lowest BCUT2D eigenvalue weighted by atomic mass is 9.95. The molecule has 0 aromatic heterocycles. The van der Waals surface area contributed by atoms with Gasteiger partial charge in [0.2, 0.25) is 5.91 Å². The van der Waals surface area contributed by atoms with Crippen LogP contribution in [0.25, 0.3) is 0 Å². The molecule has 1 aliphatic heterocycles. The van der Waals surface area contributed by atoms with Gasteiger partial charge in [-0.1, -0.05) is 6.42 Å². The van der Waals surface area contributed by atoms with Gasteiger partial charge in [0, 0.05) is 46.3 Å². The normalized spacial score (nSPS) is 29.1. The largest absolute Gasteiger partial charge is 0.382 e. The van der Waals surface area contributed by atoms with Crippen molar-refractivity contribution in [2.75, 3.05) is 60.7 Å². The molecule has 28 heavy (non-hydrogen) atoms. The Morgan fingerprint density at radius 3 is 2.68 bits per heavy atom. The summed E-state index contributed by atoms with van der Waals surface area (Å²) < 4.78 is 10.8. The Balaban J connectivity index is 0.00000280. The zero-order valence-corrected chi connectivity index (χ0v) is 19.9. The fourth-order valence-electron chi connectivity index (χ4n) is 4.66. The number of nitrogens with one attached hydrogen (secondary N) is 1. The molecular formula is C20H37IN4O3. The van der Waals surface area contributed by atoms with E-state index in [1.54, 1.807) is 26.1 Å². The van der Waals surface area contributed by atoms with Gasteiger partial charge < -0.3 is 24.6 Å². The highest BCUT2D eigenvalue weighted by molar-refractivity contribution is 14.0. The number of ether oxygens (including phenoxy) is 2. The minimum Gasteiger partial charge on any atom is -0.382 e. The number of methoxy groups -OCH3 is 1. The quantitative estimate of drug-likeness (QED) is 0.235. The first-order chi connectivity index (χ1) is 13.1. The molecule has 2 aliphatic carbocycles. The Kier molecular flexibility index (Phi) is 9.76. The maximum atomic E-state index is 12.0. The van der Waals surface area contributed by atoms with E-state index in [1.807, 2.05) is 0 Å². The van der Waals surface area contributed by atoms with Crippen LogP contribution >= 0.6 is 24.0 Å². The maximum absolute atomic E-state index is 12.0. The molecule has 0 aromatic carbocycles. The SMILES string of the molecule is COCCOCC1CCN(C(=NCC(=O)N(C)C)NC2CC3CCC2C3)C1.I. The van der Waals surface area contributed by atoms with Crippen LogP contribution in [0.4, 0.5) is 0 Å². The fourth-order valence-corrected chi connectivity index (χ4v) is 4.66. The summed E-state index contributed by atoms with van der Waals surface area (Å²) in [4.78, 5) is 20.7. The predicted molar refractivity (Wildman–Crippen MR) is 121 cm³/mol. The van der Waals surface area contributed by atoms with E-state index in [9.17, 15) is 4.79 Å². The lowest BCUT2D eigenvalue weighted by Crippen LogP contribution is -2.47. The zero-order valence-electron chi connectivity index (χ0n) is 17.6. The van der Waals surface area contributed by atoms with Crippen LogP contribution in [0.5, 0.6) is 0 Å². The molecule has 1 N–H and O–H groups in total. The van der Waals surface area contributed by atoms with Crippen molar-refractivity contribution in [3.8, 4) is 0 Å². The Hall–Kier alpha value is -0.610. The third-order valence-electron chi connectivity index (χ3n) is 6.29. The van der Waals surface area contributed by atoms with E-state index in [-0.39, 0.29) is 36.4 Å². The number of fused-ring (bicyclic) bond motifs is 2. The first-order valence-electron chi connectivity index (χ1n) is 10.4. The van der Waals surface area contributed by atoms with Gasteiger partial charge in [0.15, 0.2) is 5.96 Å². The standard InChI is InChI=1S/C20H36N4O3.HI/c1-23(2)19(25)12-21-20(22-18-11-15-4-5-17(18)10-15)24-7-6-16(13-24)14-27-9-8-26-3;/h15-18H,4-14H2,1-3H3,(H,21,22);1H. The summed E-state index contributed by atoms with van der Waals surface area (Å²) in [5.74, 6) is 3.14. The van der Waals surface area contributed by atoms with Crippen LogP contribution in [-0.4, -0.2) is 88.4 Å². The van der Waals surface area contributed by atoms with Gasteiger partial charge in [0.1, 0.15) is 6.54 Å². The van der Waals surface area contributed by atoms with Crippen LogP contribution < -0.4 is 5.32 Å². The molecule has 2 bridgehead atoms. The number of hydrogen-bond donors (Lipinski definition) is 1.